The first kappa shape index (κ1) is 15.0. The summed E-state index contributed by atoms with van der Waals surface area (Å²) in [4.78, 5) is 5.88. The van der Waals surface area contributed by atoms with Crippen molar-refractivity contribution in [2.24, 2.45) is 5.73 Å². The minimum atomic E-state index is 0.427. The Morgan fingerprint density at radius 2 is 1.95 bits per heavy atom. The number of thiazole rings is 1. The van der Waals surface area contributed by atoms with Crippen molar-refractivity contribution in [3.05, 3.63) is 45.4 Å². The Morgan fingerprint density at radius 1 is 1.25 bits per heavy atom. The maximum Gasteiger partial charge on any atom is 0.119 e. The second-order valence-electron chi connectivity index (χ2n) is 5.19. The van der Waals surface area contributed by atoms with Gasteiger partial charge in [-0.1, -0.05) is 31.5 Å². The number of nitrogens with zero attached hydrogens (tertiary/aromatic N) is 1. The van der Waals surface area contributed by atoms with E-state index in [0.29, 0.717) is 19.1 Å². The topological polar surface area (TPSA) is 48.1 Å². The van der Waals surface area contributed by atoms with Crippen molar-refractivity contribution in [2.75, 3.05) is 6.61 Å². The van der Waals surface area contributed by atoms with Gasteiger partial charge in [0.1, 0.15) is 5.75 Å². The number of hydrogen-bond donors (Lipinski definition) is 1. The van der Waals surface area contributed by atoms with Gasteiger partial charge in [-0.3, -0.25) is 0 Å². The summed E-state index contributed by atoms with van der Waals surface area (Å²) in [7, 11) is 0. The Kier molecular flexibility index (Phi) is 5.15. The van der Waals surface area contributed by atoms with E-state index in [-0.39, 0.29) is 0 Å². The Labute approximate surface area is 124 Å². The predicted octanol–water partition coefficient (Wildman–Crippen LogP) is 3.66. The lowest BCUT2D eigenvalue weighted by atomic mass is 10.1. The van der Waals surface area contributed by atoms with Gasteiger partial charge < -0.3 is 10.5 Å². The molecule has 20 heavy (non-hydrogen) atoms. The lowest BCUT2D eigenvalue weighted by Gasteiger charge is -2.05. The number of benzene rings is 1. The third-order valence-corrected chi connectivity index (χ3v) is 4.26. The molecule has 0 unspecified atom stereocenters. The molecule has 0 saturated heterocycles. The van der Waals surface area contributed by atoms with E-state index in [1.165, 1.54) is 10.4 Å². The largest absolute Gasteiger partial charge is 0.493 e. The van der Waals surface area contributed by atoms with E-state index in [2.05, 4.69) is 37.9 Å². The van der Waals surface area contributed by atoms with E-state index in [4.69, 9.17) is 10.5 Å². The SMILES string of the molecule is Cc1ccc(OCCc2nc(C(C)C)c(CN)s2)cc1. The van der Waals surface area contributed by atoms with Crippen molar-refractivity contribution >= 4 is 11.3 Å². The van der Waals surface area contributed by atoms with Crippen molar-refractivity contribution in [2.45, 2.75) is 39.7 Å². The molecule has 2 aromatic rings. The van der Waals surface area contributed by atoms with Crippen LogP contribution in [0.2, 0.25) is 0 Å². The van der Waals surface area contributed by atoms with Gasteiger partial charge in [0.2, 0.25) is 0 Å². The first-order valence-electron chi connectivity index (χ1n) is 6.98. The standard InChI is InChI=1S/C16H22N2OS/c1-11(2)16-14(10-17)20-15(18-16)8-9-19-13-6-4-12(3)5-7-13/h4-7,11H,8-10,17H2,1-3H3. The van der Waals surface area contributed by atoms with Crippen molar-refractivity contribution in [3.63, 3.8) is 0 Å². The van der Waals surface area contributed by atoms with Gasteiger partial charge >= 0.3 is 0 Å². The van der Waals surface area contributed by atoms with Crippen LogP contribution in [0.25, 0.3) is 0 Å². The molecule has 4 heteroatoms. The summed E-state index contributed by atoms with van der Waals surface area (Å²) in [6, 6.07) is 8.12. The monoisotopic (exact) mass is 290 g/mol. The molecule has 0 atom stereocenters. The third-order valence-electron chi connectivity index (χ3n) is 3.11. The average Bonchev–Trinajstić information content (AvgIpc) is 2.84. The van der Waals surface area contributed by atoms with Crippen LogP contribution in [0.1, 0.15) is 40.9 Å². The first-order chi connectivity index (χ1) is 9.60. The van der Waals surface area contributed by atoms with Crippen LogP contribution in [0.3, 0.4) is 0 Å². The van der Waals surface area contributed by atoms with Gasteiger partial charge in [-0.25, -0.2) is 4.98 Å². The lowest BCUT2D eigenvalue weighted by Crippen LogP contribution is -2.02. The zero-order valence-corrected chi connectivity index (χ0v) is 13.2. The third kappa shape index (κ3) is 3.81. The number of nitrogens with two attached hydrogens (primary N) is 1. The van der Waals surface area contributed by atoms with Crippen LogP contribution in [0.4, 0.5) is 0 Å². The van der Waals surface area contributed by atoms with E-state index >= 15 is 0 Å². The molecule has 0 bridgehead atoms. The molecule has 0 aliphatic carbocycles. The van der Waals surface area contributed by atoms with Crippen LogP contribution in [0.5, 0.6) is 5.75 Å². The molecule has 0 aliphatic heterocycles. The molecule has 0 aliphatic rings. The molecule has 2 rings (SSSR count). The normalized spacial score (nSPS) is 11.1. The van der Waals surface area contributed by atoms with Crippen LogP contribution in [-0.4, -0.2) is 11.6 Å². The molecule has 0 radical (unpaired) electrons. The summed E-state index contributed by atoms with van der Waals surface area (Å²) in [5, 5.41) is 1.11. The van der Waals surface area contributed by atoms with Crippen LogP contribution >= 0.6 is 11.3 Å². The molecule has 2 N–H and O–H groups in total. The number of ether oxygens (including phenoxy) is 1. The Morgan fingerprint density at radius 3 is 2.50 bits per heavy atom. The maximum atomic E-state index is 5.77. The van der Waals surface area contributed by atoms with E-state index in [0.717, 1.165) is 22.9 Å². The smallest absolute Gasteiger partial charge is 0.119 e. The van der Waals surface area contributed by atoms with E-state index in [1.54, 1.807) is 11.3 Å². The zero-order valence-electron chi connectivity index (χ0n) is 12.3. The Balaban J connectivity index is 1.92. The minimum absolute atomic E-state index is 0.427. The minimum Gasteiger partial charge on any atom is -0.493 e. The molecule has 1 heterocycles. The summed E-state index contributed by atoms with van der Waals surface area (Å²) in [6.07, 6.45) is 0.832. The number of aromatic nitrogens is 1. The van der Waals surface area contributed by atoms with Gasteiger partial charge in [0.15, 0.2) is 0 Å². The second-order valence-corrected chi connectivity index (χ2v) is 6.35. The number of hydrogen-bond acceptors (Lipinski definition) is 4. The molecule has 0 saturated carbocycles. The second kappa shape index (κ2) is 6.86. The van der Waals surface area contributed by atoms with Gasteiger partial charge in [0, 0.05) is 17.8 Å². The highest BCUT2D eigenvalue weighted by Crippen LogP contribution is 2.25. The summed E-state index contributed by atoms with van der Waals surface area (Å²) < 4.78 is 5.74. The molecular formula is C16H22N2OS. The highest BCUT2D eigenvalue weighted by atomic mass is 32.1. The maximum absolute atomic E-state index is 5.77. The van der Waals surface area contributed by atoms with Crippen molar-refractivity contribution < 1.29 is 4.74 Å². The van der Waals surface area contributed by atoms with Crippen LogP contribution in [0, 0.1) is 6.92 Å². The Hall–Kier alpha value is -1.39. The molecule has 108 valence electrons. The number of rotatable bonds is 6. The molecule has 1 aromatic heterocycles. The van der Waals surface area contributed by atoms with Crippen molar-refractivity contribution in [3.8, 4) is 5.75 Å². The summed E-state index contributed by atoms with van der Waals surface area (Å²) in [5.74, 6) is 1.34. The molecule has 1 aromatic carbocycles. The van der Waals surface area contributed by atoms with Crippen LogP contribution in [-0.2, 0) is 13.0 Å². The summed E-state index contributed by atoms with van der Waals surface area (Å²) in [5.41, 5.74) is 8.16. The fraction of sp³-hybridized carbons (Fsp3) is 0.438. The van der Waals surface area contributed by atoms with Crippen molar-refractivity contribution in [1.29, 1.82) is 0 Å². The molecule has 3 nitrogen and oxygen atoms in total. The van der Waals surface area contributed by atoms with Gasteiger partial charge in [0.25, 0.3) is 0 Å². The number of aryl methyl sites for hydroxylation is 1. The predicted molar refractivity (Wildman–Crippen MR) is 84.5 cm³/mol. The molecule has 0 amide bonds. The van der Waals surface area contributed by atoms with Crippen LogP contribution in [0.15, 0.2) is 24.3 Å². The Bertz CT molecular complexity index is 546. The highest BCUT2D eigenvalue weighted by molar-refractivity contribution is 7.11. The fourth-order valence-corrected chi connectivity index (χ4v) is 3.09. The summed E-state index contributed by atoms with van der Waals surface area (Å²) in [6.45, 7) is 7.60. The van der Waals surface area contributed by atoms with E-state index in [9.17, 15) is 0 Å². The molecular weight excluding hydrogens is 268 g/mol. The quantitative estimate of drug-likeness (QED) is 0.883. The molecule has 0 fully saturated rings. The van der Waals surface area contributed by atoms with Gasteiger partial charge in [-0.05, 0) is 25.0 Å². The summed E-state index contributed by atoms with van der Waals surface area (Å²) >= 11 is 1.71. The van der Waals surface area contributed by atoms with E-state index in [1.807, 2.05) is 12.1 Å². The van der Waals surface area contributed by atoms with Crippen molar-refractivity contribution in [1.82, 2.24) is 4.98 Å². The fourth-order valence-electron chi connectivity index (χ4n) is 2.01. The first-order valence-corrected chi connectivity index (χ1v) is 7.79. The van der Waals surface area contributed by atoms with Gasteiger partial charge in [0.05, 0.1) is 17.3 Å². The highest BCUT2D eigenvalue weighted by Gasteiger charge is 2.12. The van der Waals surface area contributed by atoms with E-state index < -0.39 is 0 Å². The zero-order chi connectivity index (χ0) is 14.5. The van der Waals surface area contributed by atoms with Crippen LogP contribution < -0.4 is 10.5 Å². The lowest BCUT2D eigenvalue weighted by molar-refractivity contribution is 0.321. The molecule has 0 spiro atoms. The van der Waals surface area contributed by atoms with Gasteiger partial charge in [-0.15, -0.1) is 11.3 Å². The average molecular weight is 290 g/mol. The van der Waals surface area contributed by atoms with Gasteiger partial charge in [-0.2, -0.15) is 0 Å².